The van der Waals surface area contributed by atoms with Crippen LogP contribution in [-0.2, 0) is 11.3 Å². The van der Waals surface area contributed by atoms with E-state index in [1.165, 1.54) is 18.4 Å². The van der Waals surface area contributed by atoms with E-state index in [0.717, 1.165) is 38.5 Å². The number of benzene rings is 1. The molecule has 32 heavy (non-hydrogen) atoms. The number of anilines is 1. The molecule has 0 radical (unpaired) electrons. The Morgan fingerprint density at radius 1 is 1.03 bits per heavy atom. The number of hydrogen-bond donors (Lipinski definition) is 0. The van der Waals surface area contributed by atoms with Crippen molar-refractivity contribution < 1.29 is 4.74 Å². The van der Waals surface area contributed by atoms with Crippen LogP contribution in [0.4, 0.5) is 5.69 Å². The molecule has 180 valence electrons. The molecule has 1 aromatic heterocycles. The molecule has 1 unspecified atom stereocenters. The van der Waals surface area contributed by atoms with Crippen molar-refractivity contribution in [1.29, 1.82) is 0 Å². The molecule has 3 rings (SSSR count). The van der Waals surface area contributed by atoms with Crippen LogP contribution in [0.3, 0.4) is 0 Å². The molecule has 0 bridgehead atoms. The van der Waals surface area contributed by atoms with Crippen molar-refractivity contribution in [3.63, 3.8) is 0 Å². The van der Waals surface area contributed by atoms with Gasteiger partial charge in [-0.25, -0.2) is 0 Å². The summed E-state index contributed by atoms with van der Waals surface area (Å²) >= 11 is 13.2. The summed E-state index contributed by atoms with van der Waals surface area (Å²) in [6, 6.07) is 10.1. The average Bonchev–Trinajstić information content (AvgIpc) is 3.21. The lowest BCUT2D eigenvalue weighted by Gasteiger charge is -2.35. The predicted octanol–water partition coefficient (Wildman–Crippen LogP) is 6.77. The number of hydrogen-bond acceptors (Lipinski definition) is 4. The highest BCUT2D eigenvalue weighted by molar-refractivity contribution is 6.39. The molecule has 0 spiro atoms. The summed E-state index contributed by atoms with van der Waals surface area (Å²) in [6.07, 6.45) is 6.14. The number of aromatic nitrogens is 1. The summed E-state index contributed by atoms with van der Waals surface area (Å²) in [6.45, 7) is 11.8. The number of pyridine rings is 1. The third-order valence-electron chi connectivity index (χ3n) is 5.31. The predicted molar refractivity (Wildman–Crippen MR) is 141 cm³/mol. The number of para-hydroxylation sites is 1. The van der Waals surface area contributed by atoms with Crippen molar-refractivity contribution in [3.8, 4) is 0 Å². The first kappa shape index (κ1) is 29.3. The number of nitrogens with zero attached hydrogens (tertiary/aromatic N) is 3. The SMILES string of the molecule is CC(C)(C)COCC(CN(Cc1ccncc1)c1c(Cl)cccc1Cl)N1CCCC1.Cl.Cl. The Labute approximate surface area is 215 Å². The van der Waals surface area contributed by atoms with Crippen LogP contribution >= 0.6 is 48.0 Å². The number of likely N-dealkylation sites (tertiary alicyclic amines) is 1. The molecule has 1 atom stereocenters. The molecule has 8 heteroatoms. The third kappa shape index (κ3) is 8.89. The summed E-state index contributed by atoms with van der Waals surface area (Å²) in [5.74, 6) is 0. The van der Waals surface area contributed by atoms with E-state index in [4.69, 9.17) is 27.9 Å². The molecule has 1 saturated heterocycles. The van der Waals surface area contributed by atoms with Crippen LogP contribution in [-0.4, -0.2) is 48.8 Å². The van der Waals surface area contributed by atoms with Crippen molar-refractivity contribution >= 4 is 53.7 Å². The first-order valence-electron chi connectivity index (χ1n) is 10.7. The quantitative estimate of drug-likeness (QED) is 0.363. The van der Waals surface area contributed by atoms with Crippen molar-refractivity contribution in [2.24, 2.45) is 5.41 Å². The van der Waals surface area contributed by atoms with Gasteiger partial charge in [0.25, 0.3) is 0 Å². The lowest BCUT2D eigenvalue weighted by atomic mass is 9.99. The standard InChI is InChI=1S/C24H33Cl2N3O.2ClH/c1-24(2,3)18-30-17-20(28-13-4-5-14-28)16-29(15-19-9-11-27-12-10-19)23-21(25)7-6-8-22(23)26;;/h6-12,20H,4-5,13-18H2,1-3H3;2*1H. The van der Waals surface area contributed by atoms with Gasteiger partial charge in [0, 0.05) is 25.5 Å². The lowest BCUT2D eigenvalue weighted by Crippen LogP contribution is -2.46. The van der Waals surface area contributed by atoms with E-state index in [-0.39, 0.29) is 36.3 Å². The van der Waals surface area contributed by atoms with Crippen molar-refractivity contribution in [2.45, 2.75) is 46.2 Å². The van der Waals surface area contributed by atoms with Gasteiger partial charge in [-0.1, -0.05) is 50.0 Å². The Kier molecular flexibility index (Phi) is 12.7. The molecule has 0 amide bonds. The fourth-order valence-corrected chi connectivity index (χ4v) is 4.51. The summed E-state index contributed by atoms with van der Waals surface area (Å²) in [4.78, 5) is 8.99. The molecule has 0 aliphatic carbocycles. The molecule has 1 aromatic carbocycles. The van der Waals surface area contributed by atoms with Crippen LogP contribution in [0.5, 0.6) is 0 Å². The van der Waals surface area contributed by atoms with E-state index in [9.17, 15) is 0 Å². The van der Waals surface area contributed by atoms with Gasteiger partial charge in [-0.3, -0.25) is 9.88 Å². The zero-order chi connectivity index (χ0) is 21.6. The van der Waals surface area contributed by atoms with E-state index in [1.807, 2.05) is 42.7 Å². The number of rotatable bonds is 9. The monoisotopic (exact) mass is 521 g/mol. The molecule has 1 aliphatic heterocycles. The van der Waals surface area contributed by atoms with E-state index >= 15 is 0 Å². The fraction of sp³-hybridized carbons (Fsp3) is 0.542. The summed E-state index contributed by atoms with van der Waals surface area (Å²) < 4.78 is 6.18. The maximum absolute atomic E-state index is 6.61. The van der Waals surface area contributed by atoms with E-state index in [0.29, 0.717) is 16.7 Å². The van der Waals surface area contributed by atoms with E-state index < -0.39 is 0 Å². The Morgan fingerprint density at radius 3 is 2.19 bits per heavy atom. The third-order valence-corrected chi connectivity index (χ3v) is 5.92. The van der Waals surface area contributed by atoms with Crippen LogP contribution in [0.15, 0.2) is 42.7 Å². The summed E-state index contributed by atoms with van der Waals surface area (Å²) in [5, 5.41) is 1.35. The summed E-state index contributed by atoms with van der Waals surface area (Å²) in [5.41, 5.74) is 2.22. The van der Waals surface area contributed by atoms with Gasteiger partial charge in [0.05, 0.1) is 35.0 Å². The normalized spacial score (nSPS) is 15.0. The highest BCUT2D eigenvalue weighted by Gasteiger charge is 2.27. The minimum Gasteiger partial charge on any atom is -0.379 e. The smallest absolute Gasteiger partial charge is 0.0748 e. The maximum atomic E-state index is 6.61. The van der Waals surface area contributed by atoms with Crippen LogP contribution in [0, 0.1) is 5.41 Å². The first-order chi connectivity index (χ1) is 14.3. The van der Waals surface area contributed by atoms with Crippen LogP contribution in [0.2, 0.25) is 10.0 Å². The minimum atomic E-state index is 0. The zero-order valence-electron chi connectivity index (χ0n) is 19.1. The number of halogens is 4. The van der Waals surface area contributed by atoms with Gasteiger partial charge < -0.3 is 9.64 Å². The van der Waals surface area contributed by atoms with Gasteiger partial charge in [0.15, 0.2) is 0 Å². The molecule has 1 fully saturated rings. The van der Waals surface area contributed by atoms with Gasteiger partial charge >= 0.3 is 0 Å². The highest BCUT2D eigenvalue weighted by atomic mass is 35.5. The Morgan fingerprint density at radius 2 is 1.62 bits per heavy atom. The molecule has 4 nitrogen and oxygen atoms in total. The summed E-state index contributed by atoms with van der Waals surface area (Å²) in [7, 11) is 0. The van der Waals surface area contributed by atoms with E-state index in [2.05, 4.69) is 35.6 Å². The molecular formula is C24H35Cl4N3O. The van der Waals surface area contributed by atoms with Gasteiger partial charge in [-0.2, -0.15) is 0 Å². The number of ether oxygens (including phenoxy) is 1. The van der Waals surface area contributed by atoms with Crippen molar-refractivity contribution in [1.82, 2.24) is 9.88 Å². The molecule has 1 aliphatic rings. The second-order valence-corrected chi connectivity index (χ2v) is 10.1. The van der Waals surface area contributed by atoms with E-state index in [1.54, 1.807) is 0 Å². The molecule has 0 N–H and O–H groups in total. The average molecular weight is 523 g/mol. The topological polar surface area (TPSA) is 28.6 Å². The first-order valence-corrected chi connectivity index (χ1v) is 11.5. The molecule has 2 heterocycles. The molecule has 0 saturated carbocycles. The Hall–Kier alpha value is -0.750. The second kappa shape index (κ2) is 13.8. The molecular weight excluding hydrogens is 488 g/mol. The van der Waals surface area contributed by atoms with Gasteiger partial charge in [-0.15, -0.1) is 24.8 Å². The second-order valence-electron chi connectivity index (χ2n) is 9.28. The van der Waals surface area contributed by atoms with Crippen molar-refractivity contribution in [2.75, 3.05) is 37.7 Å². The largest absolute Gasteiger partial charge is 0.379 e. The Bertz CT molecular complexity index is 775. The highest BCUT2D eigenvalue weighted by Crippen LogP contribution is 2.35. The maximum Gasteiger partial charge on any atom is 0.0748 e. The molecule has 2 aromatic rings. The van der Waals surface area contributed by atoms with Crippen LogP contribution < -0.4 is 4.90 Å². The fourth-order valence-electron chi connectivity index (χ4n) is 3.87. The minimum absolute atomic E-state index is 0. The Balaban J connectivity index is 0.00000256. The van der Waals surface area contributed by atoms with Crippen LogP contribution in [0.1, 0.15) is 39.2 Å². The van der Waals surface area contributed by atoms with Gasteiger partial charge in [0.2, 0.25) is 0 Å². The zero-order valence-corrected chi connectivity index (χ0v) is 22.2. The van der Waals surface area contributed by atoms with Crippen LogP contribution in [0.25, 0.3) is 0 Å². The van der Waals surface area contributed by atoms with Crippen molar-refractivity contribution in [3.05, 3.63) is 58.3 Å². The van der Waals surface area contributed by atoms with Gasteiger partial charge in [-0.05, 0) is 61.2 Å². The van der Waals surface area contributed by atoms with Gasteiger partial charge in [0.1, 0.15) is 0 Å². The lowest BCUT2D eigenvalue weighted by molar-refractivity contribution is 0.0318.